The van der Waals surface area contributed by atoms with Gasteiger partial charge in [-0.05, 0) is 6.07 Å². The predicted octanol–water partition coefficient (Wildman–Crippen LogP) is 2.81. The normalized spacial score (nSPS) is 28.0. The Morgan fingerprint density at radius 1 is 1.44 bits per heavy atom. The lowest BCUT2D eigenvalue weighted by atomic mass is 9.98. The largest absolute Gasteiger partial charge is 0.341 e. The molecule has 0 amide bonds. The number of rotatable bonds is 3. The molecule has 0 saturated carbocycles. The van der Waals surface area contributed by atoms with Gasteiger partial charge in [-0.25, -0.2) is 0 Å². The molecule has 0 aliphatic carbocycles. The number of benzene rings is 1. The molecular weight excluding hydrogens is 258 g/mol. The summed E-state index contributed by atoms with van der Waals surface area (Å²) < 4.78 is 10.9. The molecule has 1 fully saturated rings. The van der Waals surface area contributed by atoms with Gasteiger partial charge in [-0.15, -0.1) is 0 Å². The van der Waals surface area contributed by atoms with E-state index in [1.54, 1.807) is 19.1 Å². The minimum Gasteiger partial charge on any atom is -0.341 e. The van der Waals surface area contributed by atoms with Crippen LogP contribution in [0.25, 0.3) is 0 Å². The Hall–Kier alpha value is -1.17. The van der Waals surface area contributed by atoms with Crippen LogP contribution in [0.2, 0.25) is 5.02 Å². The molecule has 1 aliphatic rings. The van der Waals surface area contributed by atoms with Crippen molar-refractivity contribution in [1.29, 1.82) is 0 Å². The van der Waals surface area contributed by atoms with Crippen LogP contribution in [-0.4, -0.2) is 23.7 Å². The molecule has 1 saturated heterocycles. The average Bonchev–Trinajstić information content (AvgIpc) is 2.39. The molecule has 0 unspecified atom stereocenters. The van der Waals surface area contributed by atoms with E-state index in [4.69, 9.17) is 21.1 Å². The van der Waals surface area contributed by atoms with E-state index >= 15 is 0 Å². The van der Waals surface area contributed by atoms with Crippen LogP contribution in [0.4, 0.5) is 0 Å². The molecule has 1 aromatic rings. The minimum absolute atomic E-state index is 0.0341. The van der Waals surface area contributed by atoms with Gasteiger partial charge in [0.05, 0.1) is 0 Å². The lowest BCUT2D eigenvalue weighted by Crippen LogP contribution is -2.50. The fraction of sp³-hybridized carbons (Fsp3) is 0.500. The molecule has 5 nitrogen and oxygen atoms in total. The van der Waals surface area contributed by atoms with E-state index in [2.05, 4.69) is 0 Å². The maximum absolute atomic E-state index is 11.0. The first-order chi connectivity index (χ1) is 8.59. The number of hydrogen-bond donors (Lipinski definition) is 0. The van der Waals surface area contributed by atoms with E-state index < -0.39 is 11.8 Å². The smallest absolute Gasteiger partial charge is 0.267 e. The van der Waals surface area contributed by atoms with Crippen LogP contribution in [0.15, 0.2) is 24.3 Å². The van der Waals surface area contributed by atoms with E-state index in [9.17, 15) is 10.1 Å². The summed E-state index contributed by atoms with van der Waals surface area (Å²) in [4.78, 5) is 10.7. The second-order valence-corrected chi connectivity index (χ2v) is 4.72. The summed E-state index contributed by atoms with van der Waals surface area (Å²) in [6, 6.07) is 7.15. The number of ether oxygens (including phenoxy) is 2. The van der Waals surface area contributed by atoms with Gasteiger partial charge < -0.3 is 9.47 Å². The highest BCUT2D eigenvalue weighted by Gasteiger charge is 2.46. The van der Waals surface area contributed by atoms with Gasteiger partial charge >= 0.3 is 0 Å². The summed E-state index contributed by atoms with van der Waals surface area (Å²) >= 11 is 6.03. The molecule has 18 heavy (non-hydrogen) atoms. The van der Waals surface area contributed by atoms with Crippen LogP contribution in [0, 0.1) is 10.1 Å². The Morgan fingerprint density at radius 3 is 2.56 bits per heavy atom. The minimum atomic E-state index is -1.14. The zero-order valence-corrected chi connectivity index (χ0v) is 10.7. The van der Waals surface area contributed by atoms with E-state index in [0.29, 0.717) is 17.0 Å². The topological polar surface area (TPSA) is 61.6 Å². The molecule has 0 spiro atoms. The van der Waals surface area contributed by atoms with Gasteiger partial charge in [-0.1, -0.05) is 36.7 Å². The summed E-state index contributed by atoms with van der Waals surface area (Å²) in [5.74, 6) is 0. The third kappa shape index (κ3) is 2.34. The second-order valence-electron chi connectivity index (χ2n) is 4.31. The Bertz CT molecular complexity index is 443. The standard InChI is InChI=1S/C12H14ClNO4/c1-2-12(14(15)16)7-17-11(18-8-12)9-5-3-4-6-10(9)13/h3-6,11H,2,7-8H2,1H3. The molecule has 1 aromatic carbocycles. The highest BCUT2D eigenvalue weighted by molar-refractivity contribution is 6.31. The molecule has 98 valence electrons. The first-order valence-electron chi connectivity index (χ1n) is 5.71. The maximum atomic E-state index is 11.0. The Morgan fingerprint density at radius 2 is 2.06 bits per heavy atom. The average molecular weight is 272 g/mol. The highest BCUT2D eigenvalue weighted by Crippen LogP contribution is 2.33. The summed E-state index contributed by atoms with van der Waals surface area (Å²) in [7, 11) is 0. The van der Waals surface area contributed by atoms with E-state index in [0.717, 1.165) is 0 Å². The molecule has 0 bridgehead atoms. The molecule has 2 rings (SSSR count). The van der Waals surface area contributed by atoms with Crippen LogP contribution in [0.1, 0.15) is 25.2 Å². The van der Waals surface area contributed by atoms with E-state index in [1.807, 2.05) is 12.1 Å². The summed E-state index contributed by atoms with van der Waals surface area (Å²) in [6.45, 7) is 1.82. The molecular formula is C12H14ClNO4. The molecule has 1 heterocycles. The number of nitro groups is 1. The van der Waals surface area contributed by atoms with Crippen LogP contribution in [0.3, 0.4) is 0 Å². The third-order valence-electron chi connectivity index (χ3n) is 3.21. The van der Waals surface area contributed by atoms with Crippen molar-refractivity contribution in [1.82, 2.24) is 0 Å². The van der Waals surface area contributed by atoms with Crippen molar-refractivity contribution in [3.63, 3.8) is 0 Å². The fourth-order valence-corrected chi connectivity index (χ4v) is 2.06. The van der Waals surface area contributed by atoms with Gasteiger partial charge in [0.2, 0.25) is 0 Å². The van der Waals surface area contributed by atoms with Crippen molar-refractivity contribution in [3.8, 4) is 0 Å². The molecule has 6 heteroatoms. The first kappa shape index (κ1) is 13.3. The maximum Gasteiger partial charge on any atom is 0.267 e. The summed E-state index contributed by atoms with van der Waals surface area (Å²) in [5, 5.41) is 11.6. The quantitative estimate of drug-likeness (QED) is 0.626. The fourth-order valence-electron chi connectivity index (χ4n) is 1.84. The van der Waals surface area contributed by atoms with Gasteiger partial charge in [0.25, 0.3) is 5.54 Å². The highest BCUT2D eigenvalue weighted by atomic mass is 35.5. The van der Waals surface area contributed by atoms with Crippen molar-refractivity contribution in [2.45, 2.75) is 25.2 Å². The molecule has 0 N–H and O–H groups in total. The Labute approximate surface area is 110 Å². The van der Waals surface area contributed by atoms with Crippen molar-refractivity contribution in [2.75, 3.05) is 13.2 Å². The van der Waals surface area contributed by atoms with Crippen molar-refractivity contribution < 1.29 is 14.4 Å². The molecule has 1 aliphatic heterocycles. The SMILES string of the molecule is CCC1([N+](=O)[O-])COC(c2ccccc2Cl)OC1. The Balaban J connectivity index is 2.11. The van der Waals surface area contributed by atoms with Crippen molar-refractivity contribution in [2.24, 2.45) is 0 Å². The van der Waals surface area contributed by atoms with E-state index in [-0.39, 0.29) is 18.1 Å². The van der Waals surface area contributed by atoms with Gasteiger partial charge in [0.15, 0.2) is 6.29 Å². The van der Waals surface area contributed by atoms with Crippen LogP contribution in [-0.2, 0) is 9.47 Å². The first-order valence-corrected chi connectivity index (χ1v) is 6.09. The van der Waals surface area contributed by atoms with Crippen molar-refractivity contribution >= 4 is 11.6 Å². The Kier molecular flexibility index (Phi) is 3.85. The van der Waals surface area contributed by atoms with Gasteiger partial charge in [-0.2, -0.15) is 0 Å². The second kappa shape index (κ2) is 5.22. The number of hydrogen-bond acceptors (Lipinski definition) is 4. The zero-order valence-electron chi connectivity index (χ0n) is 9.97. The molecule has 0 atom stereocenters. The van der Waals surface area contributed by atoms with E-state index in [1.165, 1.54) is 0 Å². The molecule has 0 radical (unpaired) electrons. The summed E-state index contributed by atoms with van der Waals surface area (Å²) in [5.41, 5.74) is -0.440. The van der Waals surface area contributed by atoms with Crippen molar-refractivity contribution in [3.05, 3.63) is 45.0 Å². The van der Waals surface area contributed by atoms with Gasteiger partial charge in [0, 0.05) is 21.9 Å². The monoisotopic (exact) mass is 271 g/mol. The van der Waals surface area contributed by atoms with Gasteiger partial charge in [-0.3, -0.25) is 10.1 Å². The van der Waals surface area contributed by atoms with Crippen LogP contribution >= 0.6 is 11.6 Å². The number of halogens is 1. The number of nitrogens with zero attached hydrogens (tertiary/aromatic N) is 1. The lowest BCUT2D eigenvalue weighted by Gasteiger charge is -2.33. The lowest BCUT2D eigenvalue weighted by molar-refractivity contribution is -0.592. The van der Waals surface area contributed by atoms with Gasteiger partial charge in [0.1, 0.15) is 13.2 Å². The zero-order chi connectivity index (χ0) is 13.2. The molecule has 0 aromatic heterocycles. The predicted molar refractivity (Wildman–Crippen MR) is 66.1 cm³/mol. The van der Waals surface area contributed by atoms with Crippen LogP contribution in [0.5, 0.6) is 0 Å². The van der Waals surface area contributed by atoms with Crippen LogP contribution < -0.4 is 0 Å². The summed E-state index contributed by atoms with van der Waals surface area (Å²) in [6.07, 6.45) is -0.256. The third-order valence-corrected chi connectivity index (χ3v) is 3.56.